The predicted octanol–water partition coefficient (Wildman–Crippen LogP) is 5.26. The first-order chi connectivity index (χ1) is 15.7. The zero-order chi connectivity index (χ0) is 22.3. The molecule has 1 amide bonds. The molecule has 2 aromatic carbocycles. The van der Waals surface area contributed by atoms with Crippen LogP contribution in [0.2, 0.25) is 0 Å². The van der Waals surface area contributed by atoms with E-state index in [9.17, 15) is 9.18 Å². The van der Waals surface area contributed by atoms with Gasteiger partial charge >= 0.3 is 0 Å². The van der Waals surface area contributed by atoms with Crippen LogP contribution in [-0.4, -0.2) is 22.5 Å². The minimum atomic E-state index is -0.404. The number of nitrogens with zero attached hydrogens (tertiary/aromatic N) is 2. The fourth-order valence-corrected chi connectivity index (χ4v) is 3.21. The van der Waals surface area contributed by atoms with E-state index in [-0.39, 0.29) is 18.3 Å². The van der Waals surface area contributed by atoms with Gasteiger partial charge in [-0.25, -0.2) is 14.4 Å². The third kappa shape index (κ3) is 4.67. The zero-order valence-electron chi connectivity index (χ0n) is 17.5. The van der Waals surface area contributed by atoms with Gasteiger partial charge in [-0.1, -0.05) is 37.3 Å². The normalized spacial score (nSPS) is 10.7. The number of ether oxygens (including phenoxy) is 1. The summed E-state index contributed by atoms with van der Waals surface area (Å²) in [6, 6.07) is 16.9. The molecular weight excluding hydrogens is 409 g/mol. The second-order valence-corrected chi connectivity index (χ2v) is 7.05. The van der Waals surface area contributed by atoms with Crippen molar-refractivity contribution >= 4 is 5.91 Å². The predicted molar refractivity (Wildman–Crippen MR) is 119 cm³/mol. The standard InChI is InChI=1S/C25H22FN3O3/c1-2-14-31-24-17(8-7-13-27-24)15-28-23(30)18-9-3-4-10-19(18)25-29-16-22(32-25)20-11-5-6-12-21(20)26/h3-13,16H,2,14-15H2,1H3,(H,28,30). The molecule has 0 saturated heterocycles. The summed E-state index contributed by atoms with van der Waals surface area (Å²) < 4.78 is 25.5. The molecule has 1 N–H and O–H groups in total. The van der Waals surface area contributed by atoms with Gasteiger partial charge in [0, 0.05) is 23.9 Å². The number of carbonyl (C=O) groups is 1. The number of nitrogens with one attached hydrogen (secondary N) is 1. The van der Waals surface area contributed by atoms with Crippen molar-refractivity contribution in [1.29, 1.82) is 0 Å². The topological polar surface area (TPSA) is 77.2 Å². The number of pyridine rings is 1. The lowest BCUT2D eigenvalue weighted by atomic mass is 10.1. The van der Waals surface area contributed by atoms with E-state index in [0.29, 0.717) is 34.9 Å². The molecule has 4 rings (SSSR count). The Morgan fingerprint density at radius 2 is 1.81 bits per heavy atom. The molecule has 0 aliphatic rings. The van der Waals surface area contributed by atoms with Gasteiger partial charge in [0.1, 0.15) is 5.82 Å². The Morgan fingerprint density at radius 1 is 1.03 bits per heavy atom. The molecule has 2 aromatic heterocycles. The molecular formula is C25H22FN3O3. The van der Waals surface area contributed by atoms with Gasteiger partial charge in [-0.15, -0.1) is 0 Å². The molecule has 0 atom stereocenters. The molecule has 0 radical (unpaired) electrons. The molecule has 0 fully saturated rings. The summed E-state index contributed by atoms with van der Waals surface area (Å²) >= 11 is 0. The number of halogens is 1. The van der Waals surface area contributed by atoms with Crippen molar-refractivity contribution in [3.8, 4) is 28.7 Å². The molecule has 2 heterocycles. The van der Waals surface area contributed by atoms with Crippen LogP contribution in [0.15, 0.2) is 77.5 Å². The molecule has 0 unspecified atom stereocenters. The van der Waals surface area contributed by atoms with E-state index in [2.05, 4.69) is 15.3 Å². The van der Waals surface area contributed by atoms with Crippen molar-refractivity contribution in [3.63, 3.8) is 0 Å². The Labute approximate surface area is 185 Å². The number of oxazole rings is 1. The maximum absolute atomic E-state index is 14.1. The molecule has 0 aliphatic carbocycles. The second kappa shape index (κ2) is 9.87. The first kappa shape index (κ1) is 21.2. The monoisotopic (exact) mass is 431 g/mol. The Hall–Kier alpha value is -4.00. The highest BCUT2D eigenvalue weighted by molar-refractivity contribution is 6.00. The number of carbonyl (C=O) groups excluding carboxylic acids is 1. The van der Waals surface area contributed by atoms with E-state index >= 15 is 0 Å². The Bertz CT molecular complexity index is 1220. The van der Waals surface area contributed by atoms with Gasteiger partial charge < -0.3 is 14.5 Å². The highest BCUT2D eigenvalue weighted by Gasteiger charge is 2.18. The third-order valence-electron chi connectivity index (χ3n) is 4.78. The van der Waals surface area contributed by atoms with E-state index < -0.39 is 5.82 Å². The van der Waals surface area contributed by atoms with Crippen LogP contribution >= 0.6 is 0 Å². The van der Waals surface area contributed by atoms with Gasteiger partial charge in [-0.2, -0.15) is 0 Å². The number of benzene rings is 2. The summed E-state index contributed by atoms with van der Waals surface area (Å²) in [7, 11) is 0. The van der Waals surface area contributed by atoms with Crippen LogP contribution in [0.1, 0.15) is 29.3 Å². The van der Waals surface area contributed by atoms with E-state index in [4.69, 9.17) is 9.15 Å². The zero-order valence-corrected chi connectivity index (χ0v) is 17.5. The molecule has 0 aliphatic heterocycles. The maximum atomic E-state index is 14.1. The van der Waals surface area contributed by atoms with Crippen molar-refractivity contribution in [2.24, 2.45) is 0 Å². The maximum Gasteiger partial charge on any atom is 0.252 e. The molecule has 0 bridgehead atoms. The number of hydrogen-bond donors (Lipinski definition) is 1. The second-order valence-electron chi connectivity index (χ2n) is 7.05. The Balaban J connectivity index is 1.55. The van der Waals surface area contributed by atoms with Crippen LogP contribution in [0.25, 0.3) is 22.8 Å². The average Bonchev–Trinajstić information content (AvgIpc) is 3.32. The minimum absolute atomic E-state index is 0.238. The lowest BCUT2D eigenvalue weighted by Crippen LogP contribution is -2.24. The first-order valence-electron chi connectivity index (χ1n) is 10.3. The van der Waals surface area contributed by atoms with Crippen LogP contribution in [-0.2, 0) is 6.54 Å². The Kier molecular flexibility index (Phi) is 6.55. The smallest absolute Gasteiger partial charge is 0.252 e. The highest BCUT2D eigenvalue weighted by atomic mass is 19.1. The van der Waals surface area contributed by atoms with Crippen LogP contribution in [0.5, 0.6) is 5.88 Å². The molecule has 0 saturated carbocycles. The van der Waals surface area contributed by atoms with Gasteiger partial charge in [0.05, 0.1) is 23.9 Å². The number of hydrogen-bond acceptors (Lipinski definition) is 5. The molecule has 32 heavy (non-hydrogen) atoms. The number of aromatic nitrogens is 2. The van der Waals surface area contributed by atoms with E-state index in [1.165, 1.54) is 12.3 Å². The largest absolute Gasteiger partial charge is 0.477 e. The van der Waals surface area contributed by atoms with Crippen LogP contribution in [0, 0.1) is 5.82 Å². The molecule has 4 aromatic rings. The van der Waals surface area contributed by atoms with Crippen molar-refractivity contribution in [2.45, 2.75) is 19.9 Å². The molecule has 6 nitrogen and oxygen atoms in total. The van der Waals surface area contributed by atoms with Gasteiger partial charge in [0.25, 0.3) is 5.91 Å². The van der Waals surface area contributed by atoms with Crippen molar-refractivity contribution in [3.05, 3.63) is 90.0 Å². The summed E-state index contributed by atoms with van der Waals surface area (Å²) in [6.45, 7) is 2.82. The quantitative estimate of drug-likeness (QED) is 0.412. The van der Waals surface area contributed by atoms with Crippen molar-refractivity contribution in [2.75, 3.05) is 6.61 Å². The first-order valence-corrected chi connectivity index (χ1v) is 10.3. The fourth-order valence-electron chi connectivity index (χ4n) is 3.21. The lowest BCUT2D eigenvalue weighted by molar-refractivity contribution is 0.0951. The molecule has 162 valence electrons. The average molecular weight is 431 g/mol. The van der Waals surface area contributed by atoms with Gasteiger partial charge in [0.15, 0.2) is 5.76 Å². The fraction of sp³-hybridized carbons (Fsp3) is 0.160. The third-order valence-corrected chi connectivity index (χ3v) is 4.78. The summed E-state index contributed by atoms with van der Waals surface area (Å²) in [6.07, 6.45) is 3.97. The summed E-state index contributed by atoms with van der Waals surface area (Å²) in [5.41, 5.74) is 2.00. The van der Waals surface area contributed by atoms with Gasteiger partial charge in [-0.05, 0) is 36.8 Å². The van der Waals surface area contributed by atoms with Crippen LogP contribution in [0.4, 0.5) is 4.39 Å². The van der Waals surface area contributed by atoms with E-state index in [0.717, 1.165) is 12.0 Å². The molecule has 0 spiro atoms. The summed E-state index contributed by atoms with van der Waals surface area (Å²) in [4.78, 5) is 21.5. The van der Waals surface area contributed by atoms with Crippen molar-refractivity contribution < 1.29 is 18.3 Å². The SMILES string of the molecule is CCCOc1ncccc1CNC(=O)c1ccccc1-c1ncc(-c2ccccc2F)o1. The summed E-state index contributed by atoms with van der Waals surface area (Å²) in [5, 5.41) is 2.90. The lowest BCUT2D eigenvalue weighted by Gasteiger charge is -2.11. The van der Waals surface area contributed by atoms with E-state index in [1.807, 2.05) is 13.0 Å². The summed E-state index contributed by atoms with van der Waals surface area (Å²) in [5.74, 6) is 0.337. The van der Waals surface area contributed by atoms with Gasteiger partial charge in [-0.3, -0.25) is 4.79 Å². The molecule has 7 heteroatoms. The van der Waals surface area contributed by atoms with Crippen LogP contribution < -0.4 is 10.1 Å². The highest BCUT2D eigenvalue weighted by Crippen LogP contribution is 2.29. The van der Waals surface area contributed by atoms with Crippen molar-refractivity contribution in [1.82, 2.24) is 15.3 Å². The minimum Gasteiger partial charge on any atom is -0.477 e. The Morgan fingerprint density at radius 3 is 2.62 bits per heavy atom. The number of rotatable bonds is 8. The number of amides is 1. The van der Waals surface area contributed by atoms with Gasteiger partial charge in [0.2, 0.25) is 11.8 Å². The van der Waals surface area contributed by atoms with E-state index in [1.54, 1.807) is 54.7 Å². The van der Waals surface area contributed by atoms with Crippen LogP contribution in [0.3, 0.4) is 0 Å².